The summed E-state index contributed by atoms with van der Waals surface area (Å²) in [6.45, 7) is 8.49. The Kier molecular flexibility index (Phi) is 5.91. The first kappa shape index (κ1) is 20.9. The van der Waals surface area contributed by atoms with E-state index in [1.165, 1.54) is 0 Å². The molecule has 0 spiro atoms. The highest BCUT2D eigenvalue weighted by molar-refractivity contribution is 7.90. The molecule has 0 amide bonds. The van der Waals surface area contributed by atoms with Gasteiger partial charge in [0.05, 0.1) is 10.3 Å². The van der Waals surface area contributed by atoms with Gasteiger partial charge in [0.2, 0.25) is 10.0 Å². The van der Waals surface area contributed by atoms with Gasteiger partial charge in [-0.1, -0.05) is 0 Å². The van der Waals surface area contributed by atoms with Crippen LogP contribution in [0.25, 0.3) is 11.1 Å². The van der Waals surface area contributed by atoms with Crippen molar-refractivity contribution in [3.05, 3.63) is 28.7 Å². The molecule has 2 N–H and O–H groups in total. The van der Waals surface area contributed by atoms with E-state index in [1.807, 2.05) is 25.1 Å². The Morgan fingerprint density at radius 2 is 1.86 bits per heavy atom. The Labute approximate surface area is 166 Å². The van der Waals surface area contributed by atoms with Crippen LogP contribution >= 0.6 is 0 Å². The minimum atomic E-state index is -3.30. The van der Waals surface area contributed by atoms with E-state index in [9.17, 15) is 13.2 Å². The normalized spacial score (nSPS) is 21.1. The number of nitrogens with zero attached hydrogens (tertiary/aromatic N) is 1. The first-order valence-corrected chi connectivity index (χ1v) is 11.5. The van der Waals surface area contributed by atoms with Gasteiger partial charge in [-0.15, -0.1) is 0 Å². The number of sulfonamides is 1. The van der Waals surface area contributed by atoms with E-state index in [2.05, 4.69) is 10.0 Å². The van der Waals surface area contributed by atoms with Gasteiger partial charge in [-0.25, -0.2) is 17.9 Å². The van der Waals surface area contributed by atoms with Crippen molar-refractivity contribution in [2.24, 2.45) is 5.92 Å². The monoisotopic (exact) mass is 409 g/mol. The summed E-state index contributed by atoms with van der Waals surface area (Å²) in [6.07, 6.45) is 3.67. The molecule has 0 atom stereocenters. The number of rotatable bonds is 6. The van der Waals surface area contributed by atoms with Crippen molar-refractivity contribution < 1.29 is 12.8 Å². The zero-order valence-electron chi connectivity index (χ0n) is 17.1. The number of benzene rings is 1. The van der Waals surface area contributed by atoms with E-state index in [1.54, 1.807) is 25.3 Å². The van der Waals surface area contributed by atoms with Crippen LogP contribution in [0.15, 0.2) is 27.4 Å². The molecule has 2 aromatic rings. The topological polar surface area (TPSA) is 93.3 Å². The van der Waals surface area contributed by atoms with Gasteiger partial charge in [0.25, 0.3) is 0 Å². The minimum Gasteiger partial charge on any atom is -0.408 e. The van der Waals surface area contributed by atoms with Gasteiger partial charge in [-0.2, -0.15) is 0 Å². The average molecular weight is 410 g/mol. The average Bonchev–Trinajstić information content (AvgIpc) is 2.94. The summed E-state index contributed by atoms with van der Waals surface area (Å²) >= 11 is 0. The number of hydrogen-bond donors (Lipinski definition) is 2. The molecule has 1 aliphatic rings. The van der Waals surface area contributed by atoms with Crippen molar-refractivity contribution in [3.8, 4) is 0 Å². The predicted octanol–water partition coefficient (Wildman–Crippen LogP) is 3.30. The number of anilines is 1. The van der Waals surface area contributed by atoms with Gasteiger partial charge >= 0.3 is 5.76 Å². The van der Waals surface area contributed by atoms with Crippen LogP contribution < -0.4 is 15.8 Å². The van der Waals surface area contributed by atoms with Crippen LogP contribution in [0, 0.1) is 5.92 Å². The molecule has 28 heavy (non-hydrogen) atoms. The Balaban J connectivity index is 1.53. The summed E-state index contributed by atoms with van der Waals surface area (Å²) in [4.78, 5) is 11.8. The molecule has 1 saturated carbocycles. The third kappa shape index (κ3) is 4.43. The Bertz CT molecular complexity index is 977. The fourth-order valence-corrected chi connectivity index (χ4v) is 4.65. The number of nitrogens with one attached hydrogen (secondary N) is 2. The highest BCUT2D eigenvalue weighted by atomic mass is 32.2. The molecule has 0 unspecified atom stereocenters. The molecule has 1 aromatic carbocycles. The smallest absolute Gasteiger partial charge is 0.408 e. The molecular weight excluding hydrogens is 378 g/mol. The summed E-state index contributed by atoms with van der Waals surface area (Å²) in [5, 5.41) is 3.43. The molecule has 3 rings (SSSR count). The Morgan fingerprint density at radius 1 is 1.18 bits per heavy atom. The van der Waals surface area contributed by atoms with Crippen molar-refractivity contribution >= 4 is 26.8 Å². The summed E-state index contributed by atoms with van der Waals surface area (Å²) in [5.41, 5.74) is 2.34. The second kappa shape index (κ2) is 7.91. The predicted molar refractivity (Wildman–Crippen MR) is 112 cm³/mol. The molecule has 1 heterocycles. The van der Waals surface area contributed by atoms with Crippen LogP contribution in [-0.4, -0.2) is 30.3 Å². The first-order chi connectivity index (χ1) is 13.1. The van der Waals surface area contributed by atoms with E-state index >= 15 is 0 Å². The number of aryl methyl sites for hydroxylation is 1. The van der Waals surface area contributed by atoms with E-state index in [-0.39, 0.29) is 11.8 Å². The molecule has 8 heteroatoms. The maximum Gasteiger partial charge on any atom is 0.419 e. The molecule has 1 fully saturated rings. The number of fused-ring (bicyclic) bond motifs is 1. The summed E-state index contributed by atoms with van der Waals surface area (Å²) in [5.74, 6) is 0.170. The third-order valence-corrected chi connectivity index (χ3v) is 7.81. The van der Waals surface area contributed by atoms with Gasteiger partial charge in [-0.3, -0.25) is 4.57 Å². The second-order valence-electron chi connectivity index (χ2n) is 8.63. The molecule has 1 aromatic heterocycles. The van der Waals surface area contributed by atoms with Gasteiger partial charge < -0.3 is 9.73 Å². The van der Waals surface area contributed by atoms with Crippen LogP contribution in [0.2, 0.25) is 0 Å². The van der Waals surface area contributed by atoms with E-state index in [4.69, 9.17) is 4.42 Å². The lowest BCUT2D eigenvalue weighted by Crippen LogP contribution is -2.46. The van der Waals surface area contributed by atoms with Crippen molar-refractivity contribution in [1.29, 1.82) is 0 Å². The fraction of sp³-hybridized carbons (Fsp3) is 0.650. The number of oxazole rings is 1. The number of hydrogen-bond acceptors (Lipinski definition) is 5. The minimum absolute atomic E-state index is 0.0277. The molecule has 0 aliphatic heterocycles. The molecule has 0 saturated heterocycles. The van der Waals surface area contributed by atoms with Crippen LogP contribution in [-0.2, 0) is 16.6 Å². The van der Waals surface area contributed by atoms with Gasteiger partial charge in [0.1, 0.15) is 0 Å². The molecule has 7 nitrogen and oxygen atoms in total. The molecular formula is C20H31N3O4S. The van der Waals surface area contributed by atoms with Gasteiger partial charge in [0, 0.05) is 30.9 Å². The lowest BCUT2D eigenvalue weighted by atomic mass is 9.86. The summed E-state index contributed by atoms with van der Waals surface area (Å²) in [7, 11) is -3.30. The molecule has 0 bridgehead atoms. The van der Waals surface area contributed by atoms with Crippen LogP contribution in [0.4, 0.5) is 5.69 Å². The molecule has 0 radical (unpaired) electrons. The summed E-state index contributed by atoms with van der Waals surface area (Å²) in [6, 6.07) is 5.77. The van der Waals surface area contributed by atoms with Crippen LogP contribution in [0.5, 0.6) is 0 Å². The molecule has 156 valence electrons. The zero-order valence-corrected chi connectivity index (χ0v) is 17.9. The largest absolute Gasteiger partial charge is 0.419 e. The van der Waals surface area contributed by atoms with E-state index in [0.29, 0.717) is 18.0 Å². The molecule has 1 aliphatic carbocycles. The van der Waals surface area contributed by atoms with Crippen LogP contribution in [0.1, 0.15) is 53.4 Å². The van der Waals surface area contributed by atoms with E-state index in [0.717, 1.165) is 43.4 Å². The lowest BCUT2D eigenvalue weighted by Gasteiger charge is -2.31. The Hall–Kier alpha value is -1.80. The second-order valence-corrected chi connectivity index (χ2v) is 11.1. The third-order valence-electron chi connectivity index (χ3n) is 5.55. The van der Waals surface area contributed by atoms with Gasteiger partial charge in [0.15, 0.2) is 5.58 Å². The van der Waals surface area contributed by atoms with Crippen molar-refractivity contribution in [2.75, 3.05) is 11.9 Å². The SMILES string of the molecule is CCn1c(=O)oc2cc(NCC3CCC(NS(=O)(=O)C(C)(C)C)CC3)ccc21. The van der Waals surface area contributed by atoms with Crippen molar-refractivity contribution in [1.82, 2.24) is 9.29 Å². The zero-order chi connectivity index (χ0) is 20.5. The highest BCUT2D eigenvalue weighted by Crippen LogP contribution is 2.27. The standard InChI is InChI=1S/C20H31N3O4S/c1-5-23-17-11-10-16(12-18(17)27-19(23)24)21-13-14-6-8-15(9-7-14)22-28(25,26)20(2,3)4/h10-12,14-15,21-22H,5-9,13H2,1-4H3. The maximum absolute atomic E-state index is 12.3. The van der Waals surface area contributed by atoms with Gasteiger partial charge in [-0.05, 0) is 71.4 Å². The quantitative estimate of drug-likeness (QED) is 0.763. The first-order valence-electron chi connectivity index (χ1n) is 10.00. The van der Waals surface area contributed by atoms with E-state index < -0.39 is 14.8 Å². The van der Waals surface area contributed by atoms with Crippen molar-refractivity contribution in [2.45, 2.75) is 70.7 Å². The number of aromatic nitrogens is 1. The summed E-state index contributed by atoms with van der Waals surface area (Å²) < 4.78 is 33.6. The van der Waals surface area contributed by atoms with Crippen molar-refractivity contribution in [3.63, 3.8) is 0 Å². The Morgan fingerprint density at radius 3 is 2.46 bits per heavy atom. The fourth-order valence-electron chi connectivity index (χ4n) is 3.62. The highest BCUT2D eigenvalue weighted by Gasteiger charge is 2.32. The maximum atomic E-state index is 12.3. The van der Waals surface area contributed by atoms with Crippen LogP contribution in [0.3, 0.4) is 0 Å². The lowest BCUT2D eigenvalue weighted by molar-refractivity contribution is 0.322.